The molecule has 2 aromatic heterocycles. The first-order valence-corrected chi connectivity index (χ1v) is 27.1. The summed E-state index contributed by atoms with van der Waals surface area (Å²) in [4.78, 5) is 50.6. The average Bonchev–Trinajstić information content (AvgIpc) is 3.81. The lowest BCUT2D eigenvalue weighted by molar-refractivity contribution is 0.0157. The van der Waals surface area contributed by atoms with Gasteiger partial charge in [-0.15, -0.1) is 0 Å². The minimum Gasteiger partial charge on any atom is -0.443 e. The van der Waals surface area contributed by atoms with Gasteiger partial charge in [0.1, 0.15) is 16.3 Å². The van der Waals surface area contributed by atoms with Crippen LogP contribution in [0.15, 0.2) is 101 Å². The number of sulfone groups is 1. The number of carbonyl (C=O) groups excluding carboxylic acids is 1. The van der Waals surface area contributed by atoms with Crippen molar-refractivity contribution in [3.8, 4) is 0 Å². The number of hydrogen-bond acceptors (Lipinski definition) is 9. The van der Waals surface area contributed by atoms with Crippen molar-refractivity contribution in [3.05, 3.63) is 112 Å². The molecule has 0 saturated heterocycles. The molecule has 0 aliphatic heterocycles. The van der Waals surface area contributed by atoms with Crippen LogP contribution in [0.3, 0.4) is 0 Å². The van der Waals surface area contributed by atoms with Crippen LogP contribution in [0, 0.1) is 12.8 Å². The van der Waals surface area contributed by atoms with E-state index < -0.39 is 35.1 Å². The van der Waals surface area contributed by atoms with E-state index in [4.69, 9.17) is 26.1 Å². The monoisotopic (exact) mass is 940 g/mol. The maximum Gasteiger partial charge on any atom is 0.421 e. The summed E-state index contributed by atoms with van der Waals surface area (Å²) in [5, 5.41) is 1.71. The Hall–Kier alpha value is -4.40. The Morgan fingerprint density at radius 2 is 1.54 bits per heavy atom. The number of pyridine rings is 1. The molecule has 0 bridgehead atoms. The molecule has 0 radical (unpaired) electrons. The molecule has 3 aromatic carbocycles. The molecule has 2 aliphatic carbocycles. The highest BCUT2D eigenvalue weighted by Crippen LogP contribution is 2.43. The maximum absolute atomic E-state index is 14.0. The molecule has 11 nitrogen and oxygen atoms in total. The number of benzene rings is 3. The van der Waals surface area contributed by atoms with Crippen LogP contribution in [-0.4, -0.2) is 65.7 Å². The van der Waals surface area contributed by atoms with Crippen molar-refractivity contribution in [2.24, 2.45) is 5.92 Å². The molecule has 1 unspecified atom stereocenters. The number of aryl methyl sites for hydroxylation is 1. The topological polar surface area (TPSA) is 141 Å². The van der Waals surface area contributed by atoms with Crippen LogP contribution in [0.25, 0.3) is 11.0 Å². The first-order chi connectivity index (χ1) is 30.8. The molecule has 7 rings (SSSR count). The van der Waals surface area contributed by atoms with E-state index in [0.717, 1.165) is 74.6 Å². The Bertz CT molecular complexity index is 2590. The molecule has 2 fully saturated rings. The van der Waals surface area contributed by atoms with Gasteiger partial charge in [-0.2, -0.15) is 4.98 Å². The summed E-state index contributed by atoms with van der Waals surface area (Å²) in [7, 11) is -6.83. The zero-order valence-electron chi connectivity index (χ0n) is 38.9. The van der Waals surface area contributed by atoms with Gasteiger partial charge in [0.05, 0.1) is 21.9 Å². The van der Waals surface area contributed by atoms with Gasteiger partial charge in [-0.05, 0) is 137 Å². The molecule has 348 valence electrons. The zero-order chi connectivity index (χ0) is 46.7. The van der Waals surface area contributed by atoms with Crippen LogP contribution in [0.1, 0.15) is 124 Å². The van der Waals surface area contributed by atoms with Crippen molar-refractivity contribution in [1.29, 1.82) is 0 Å². The van der Waals surface area contributed by atoms with Crippen molar-refractivity contribution in [3.63, 3.8) is 0 Å². The van der Waals surface area contributed by atoms with E-state index in [-0.39, 0.29) is 38.6 Å². The molecule has 0 spiro atoms. The van der Waals surface area contributed by atoms with Crippen LogP contribution in [0.5, 0.6) is 0 Å². The Morgan fingerprint density at radius 3 is 2.12 bits per heavy atom. The number of hydrogen-bond donors (Lipinski definition) is 1. The third kappa shape index (κ3) is 10.6. The largest absolute Gasteiger partial charge is 0.443 e. The molecular weight excluding hydrogens is 876 g/mol. The van der Waals surface area contributed by atoms with Crippen molar-refractivity contribution in [1.82, 2.24) is 14.5 Å². The molecule has 2 saturated carbocycles. The Labute approximate surface area is 390 Å². The third-order valence-electron chi connectivity index (χ3n) is 13.7. The summed E-state index contributed by atoms with van der Waals surface area (Å²) >= 11 is 6.38. The van der Waals surface area contributed by atoms with Gasteiger partial charge >= 0.3 is 6.09 Å². The quantitative estimate of drug-likeness (QED) is 0.102. The van der Waals surface area contributed by atoms with Crippen LogP contribution in [0.4, 0.5) is 16.4 Å². The van der Waals surface area contributed by atoms with Crippen LogP contribution in [-0.2, 0) is 19.3 Å². The molecule has 5 aromatic rings. The number of halogens is 1. The second-order valence-corrected chi connectivity index (χ2v) is 26.5. The number of aromatic nitrogens is 3. The Kier molecular flexibility index (Phi) is 14.8. The van der Waals surface area contributed by atoms with Crippen LogP contribution in [0.2, 0.25) is 10.1 Å². The fourth-order valence-corrected chi connectivity index (χ4v) is 15.2. The fraction of sp³-hybridized carbons (Fsp3) is 0.490. The molecule has 1 amide bonds. The minimum atomic E-state index is -3.77. The van der Waals surface area contributed by atoms with Crippen molar-refractivity contribution >= 4 is 68.9 Å². The second kappa shape index (κ2) is 19.8. The summed E-state index contributed by atoms with van der Waals surface area (Å²) in [6, 6.07) is 26.5. The van der Waals surface area contributed by atoms with Gasteiger partial charge in [0.15, 0.2) is 9.84 Å². The van der Waals surface area contributed by atoms with Gasteiger partial charge in [-0.3, -0.25) is 9.36 Å². The molecule has 14 heteroatoms. The van der Waals surface area contributed by atoms with Crippen molar-refractivity contribution in [2.45, 2.75) is 152 Å². The van der Waals surface area contributed by atoms with Crippen molar-refractivity contribution in [2.75, 3.05) is 11.5 Å². The Balaban J connectivity index is 0.989. The van der Waals surface area contributed by atoms with Crippen LogP contribution >= 0.6 is 11.6 Å². The van der Waals surface area contributed by atoms with E-state index in [1.165, 1.54) is 11.0 Å². The average molecular weight is 942 g/mol. The smallest absolute Gasteiger partial charge is 0.421 e. The summed E-state index contributed by atoms with van der Waals surface area (Å²) in [6.45, 7) is 13.5. The Morgan fingerprint density at radius 1 is 0.923 bits per heavy atom. The first kappa shape index (κ1) is 48.5. The summed E-state index contributed by atoms with van der Waals surface area (Å²) < 4.78 is 41.8. The maximum atomic E-state index is 14.0. The number of ether oxygens (including phenoxy) is 2. The highest BCUT2D eigenvalue weighted by atomic mass is 35.5. The molecule has 65 heavy (non-hydrogen) atoms. The zero-order valence-corrected chi connectivity index (χ0v) is 41.5. The molecule has 2 aliphatic rings. The standard InChI is InChI=1S/C51H65ClN4O7SSi/c1-35-32-41(26-27-45(35)56(49(58)63-50(3,4)5)48-53-34-38-33-44(52)47(57)55(46(38)54-48)39-16-14-15-17-39)64(59,60)36(2)29-31-62-40-24-22-37(23-25-40)28-30-51(6,7)65(61,42-18-10-8-11-19-42)43-20-12-9-13-21-43/h8-13,18-21,26-27,32-34,36-37,39-40,61H,14-17,22-25,28-31H2,1-7H3. The number of carbonyl (C=O) groups is 1. The summed E-state index contributed by atoms with van der Waals surface area (Å²) in [5.74, 6) is 0.531. The fourth-order valence-electron chi connectivity index (χ4n) is 9.77. The lowest BCUT2D eigenvalue weighted by atomic mass is 9.83. The van der Waals surface area contributed by atoms with Gasteiger partial charge in [0.25, 0.3) is 13.9 Å². The van der Waals surface area contributed by atoms with E-state index in [0.29, 0.717) is 41.2 Å². The molecule has 1 atom stereocenters. The van der Waals surface area contributed by atoms with Gasteiger partial charge < -0.3 is 14.3 Å². The molecule has 2 heterocycles. The van der Waals surface area contributed by atoms with Gasteiger partial charge in [-0.1, -0.05) is 105 Å². The molecular formula is C51H65ClN4O7SSi. The van der Waals surface area contributed by atoms with E-state index >= 15 is 0 Å². The predicted octanol–water partition coefficient (Wildman–Crippen LogP) is 10.4. The third-order valence-corrected chi connectivity index (χ3v) is 20.7. The van der Waals surface area contributed by atoms with Gasteiger partial charge in [0, 0.05) is 24.2 Å². The number of rotatable bonds is 15. The highest BCUT2D eigenvalue weighted by Gasteiger charge is 2.49. The van der Waals surface area contributed by atoms with E-state index in [9.17, 15) is 22.8 Å². The van der Waals surface area contributed by atoms with Gasteiger partial charge in [0.2, 0.25) is 5.95 Å². The number of fused-ring (bicyclic) bond motifs is 1. The van der Waals surface area contributed by atoms with E-state index in [2.05, 4.69) is 43.1 Å². The predicted molar refractivity (Wildman–Crippen MR) is 262 cm³/mol. The highest BCUT2D eigenvalue weighted by molar-refractivity contribution is 7.92. The molecule has 1 N–H and O–H groups in total. The normalized spacial score (nSPS) is 18.2. The van der Waals surface area contributed by atoms with Crippen molar-refractivity contribution < 1.29 is 27.5 Å². The first-order valence-electron chi connectivity index (χ1n) is 23.2. The van der Waals surface area contributed by atoms with E-state index in [1.807, 2.05) is 36.4 Å². The SMILES string of the molecule is Cc1cc(S(=O)(=O)C(C)CCOC2CCC(CCC(C)(C)[Si](O)(c3ccccc3)c3ccccc3)CC2)ccc1N(C(=O)OC(C)(C)C)c1ncc2cc(Cl)c(=O)n(C3CCCC3)c2n1. The van der Waals surface area contributed by atoms with Gasteiger partial charge in [-0.25, -0.2) is 23.1 Å². The number of anilines is 2. The number of amides is 1. The lowest BCUT2D eigenvalue weighted by Crippen LogP contribution is -2.65. The second-order valence-electron chi connectivity index (χ2n) is 19.8. The summed E-state index contributed by atoms with van der Waals surface area (Å²) in [5.41, 5.74) is 0.00591. The number of nitrogens with zero attached hydrogens (tertiary/aromatic N) is 4. The lowest BCUT2D eigenvalue weighted by Gasteiger charge is -2.42. The summed E-state index contributed by atoms with van der Waals surface area (Å²) in [6.07, 6.45) is 10.7. The van der Waals surface area contributed by atoms with Crippen LogP contribution < -0.4 is 20.8 Å². The van der Waals surface area contributed by atoms with E-state index in [1.54, 1.807) is 63.6 Å². The minimum absolute atomic E-state index is 0.0118.